The van der Waals surface area contributed by atoms with Gasteiger partial charge in [0.25, 0.3) is 0 Å². The van der Waals surface area contributed by atoms with Gasteiger partial charge in [-0.15, -0.1) is 0 Å². The van der Waals surface area contributed by atoms with Crippen molar-refractivity contribution in [3.63, 3.8) is 0 Å². The van der Waals surface area contributed by atoms with Gasteiger partial charge in [-0.25, -0.2) is 14.4 Å². The van der Waals surface area contributed by atoms with E-state index in [-0.39, 0.29) is 36.5 Å². The van der Waals surface area contributed by atoms with E-state index in [2.05, 4.69) is 19.7 Å². The van der Waals surface area contributed by atoms with Crippen molar-refractivity contribution in [3.05, 3.63) is 127 Å². The van der Waals surface area contributed by atoms with Gasteiger partial charge in [0.1, 0.15) is 17.2 Å². The molecule has 0 amide bonds. The Morgan fingerprint density at radius 1 is 0.458 bits per heavy atom. The van der Waals surface area contributed by atoms with E-state index in [9.17, 15) is 14.4 Å². The molecule has 0 saturated carbocycles. The summed E-state index contributed by atoms with van der Waals surface area (Å²) in [5.41, 5.74) is 5.57. The van der Waals surface area contributed by atoms with E-state index in [0.29, 0.717) is 22.8 Å². The van der Waals surface area contributed by atoms with Crippen molar-refractivity contribution in [2.75, 3.05) is 41.2 Å². The molecule has 0 aliphatic heterocycles. The Bertz CT molecular complexity index is 1800. The van der Waals surface area contributed by atoms with E-state index >= 15 is 0 Å². The Kier molecular flexibility index (Phi) is 12.3. The van der Waals surface area contributed by atoms with Gasteiger partial charge in [0, 0.05) is 26.9 Å². The molecule has 0 N–H and O–H groups in total. The highest BCUT2D eigenvalue weighted by molar-refractivity contribution is 5.92. The van der Waals surface area contributed by atoms with Crippen LogP contribution in [-0.4, -0.2) is 59.1 Å². The number of hydrogen-bond donors (Lipinski definition) is 0. The highest BCUT2D eigenvalue weighted by atomic mass is 16.5. The molecule has 4 aromatic rings. The first-order valence-corrected chi connectivity index (χ1v) is 14.8. The fourth-order valence-electron chi connectivity index (χ4n) is 4.53. The molecule has 0 heterocycles. The van der Waals surface area contributed by atoms with Crippen molar-refractivity contribution < 1.29 is 42.8 Å². The lowest BCUT2D eigenvalue weighted by atomic mass is 9.96. The fourth-order valence-corrected chi connectivity index (χ4v) is 4.53. The number of carbonyl (C=O) groups excluding carboxylic acids is 3. The van der Waals surface area contributed by atoms with Gasteiger partial charge < -0.3 is 28.4 Å². The molecule has 0 aliphatic rings. The van der Waals surface area contributed by atoms with Gasteiger partial charge in [-0.3, -0.25) is 0 Å². The normalized spacial score (nSPS) is 10.6. The number of rotatable bonds is 15. The average molecular weight is 649 g/mol. The van der Waals surface area contributed by atoms with Gasteiger partial charge in [0.15, 0.2) is 0 Å². The molecule has 0 spiro atoms. The molecule has 246 valence electrons. The van der Waals surface area contributed by atoms with E-state index < -0.39 is 17.9 Å². The predicted molar refractivity (Wildman–Crippen MR) is 183 cm³/mol. The summed E-state index contributed by atoms with van der Waals surface area (Å²) in [4.78, 5) is 37.1. The monoisotopic (exact) mass is 648 g/mol. The molecule has 9 nitrogen and oxygen atoms in total. The third-order valence-electron chi connectivity index (χ3n) is 7.00. The summed E-state index contributed by atoms with van der Waals surface area (Å²) in [5.74, 6) is -0.629. The molecule has 0 radical (unpaired) electrons. The smallest absolute Gasteiger partial charge is 0.341 e. The molecule has 0 atom stereocenters. The second-order valence-electron chi connectivity index (χ2n) is 10.6. The van der Waals surface area contributed by atoms with Gasteiger partial charge in [-0.05, 0) is 64.2 Å². The average Bonchev–Trinajstić information content (AvgIpc) is 3.09. The quantitative estimate of drug-likeness (QED) is 0.0764. The van der Waals surface area contributed by atoms with Gasteiger partial charge in [0.05, 0.1) is 36.5 Å². The molecule has 0 saturated heterocycles. The number of hydrogen-bond acceptors (Lipinski definition) is 9. The van der Waals surface area contributed by atoms with Crippen LogP contribution >= 0.6 is 0 Å². The summed E-state index contributed by atoms with van der Waals surface area (Å²) < 4.78 is 31.4. The molecular weight excluding hydrogens is 612 g/mol. The lowest BCUT2D eigenvalue weighted by molar-refractivity contribution is -0.131. The molecule has 0 aromatic heterocycles. The zero-order valence-corrected chi connectivity index (χ0v) is 27.1. The van der Waals surface area contributed by atoms with Crippen LogP contribution in [0.25, 0.3) is 33.4 Å². The third kappa shape index (κ3) is 9.23. The van der Waals surface area contributed by atoms with Crippen LogP contribution in [0.15, 0.2) is 127 Å². The Hall–Kier alpha value is -5.61. The first-order chi connectivity index (χ1) is 23.1. The molecule has 4 aromatic carbocycles. The minimum absolute atomic E-state index is 0.0383. The van der Waals surface area contributed by atoms with Crippen LogP contribution in [0.1, 0.15) is 0 Å². The highest BCUT2D eigenvalue weighted by Gasteiger charge is 2.16. The van der Waals surface area contributed by atoms with Crippen LogP contribution in [0, 0.1) is 0 Å². The maximum absolute atomic E-state index is 12.8. The largest absolute Gasteiger partial charge is 0.423 e. The van der Waals surface area contributed by atoms with E-state index in [4.69, 9.17) is 28.4 Å². The maximum atomic E-state index is 12.8. The minimum atomic E-state index is -0.602. The lowest BCUT2D eigenvalue weighted by Crippen LogP contribution is -2.14. The van der Waals surface area contributed by atoms with E-state index in [1.54, 1.807) is 30.3 Å². The van der Waals surface area contributed by atoms with Crippen LogP contribution < -0.4 is 14.2 Å². The topological polar surface area (TPSA) is 107 Å². The van der Waals surface area contributed by atoms with Crippen LogP contribution in [0.5, 0.6) is 17.2 Å². The van der Waals surface area contributed by atoms with Gasteiger partial charge in [-0.1, -0.05) is 74.3 Å². The lowest BCUT2D eigenvalue weighted by Gasteiger charge is -2.14. The molecule has 0 fully saturated rings. The number of benzene rings is 4. The van der Waals surface area contributed by atoms with Gasteiger partial charge >= 0.3 is 17.9 Å². The van der Waals surface area contributed by atoms with Crippen LogP contribution in [0.4, 0.5) is 0 Å². The molecule has 0 bridgehead atoms. The molecule has 4 rings (SSSR count). The van der Waals surface area contributed by atoms with Crippen molar-refractivity contribution in [2.45, 2.75) is 0 Å². The van der Waals surface area contributed by atoms with Crippen molar-refractivity contribution in [2.24, 2.45) is 0 Å². The van der Waals surface area contributed by atoms with E-state index in [1.165, 1.54) is 21.3 Å². The van der Waals surface area contributed by atoms with Crippen molar-refractivity contribution in [1.29, 1.82) is 0 Å². The number of ether oxygens (including phenoxy) is 6. The summed E-state index contributed by atoms with van der Waals surface area (Å²) in [7, 11) is 4.43. The Morgan fingerprint density at radius 3 is 1.21 bits per heavy atom. The van der Waals surface area contributed by atoms with E-state index in [0.717, 1.165) is 27.8 Å². The summed E-state index contributed by atoms with van der Waals surface area (Å²) in [6.07, 6.45) is 0. The van der Waals surface area contributed by atoms with Crippen LogP contribution in [0.3, 0.4) is 0 Å². The second-order valence-corrected chi connectivity index (χ2v) is 10.6. The molecule has 9 heteroatoms. The third-order valence-corrected chi connectivity index (χ3v) is 7.00. The number of methoxy groups -OCH3 is 3. The van der Waals surface area contributed by atoms with Gasteiger partial charge in [0.2, 0.25) is 0 Å². The summed E-state index contributed by atoms with van der Waals surface area (Å²) in [6, 6.07) is 27.3. The number of esters is 3. The highest BCUT2D eigenvalue weighted by Crippen LogP contribution is 2.36. The second kappa shape index (κ2) is 16.8. The number of carbonyl (C=O) groups is 3. The fraction of sp³-hybridized carbons (Fsp3) is 0.154. The maximum Gasteiger partial charge on any atom is 0.341 e. The zero-order chi connectivity index (χ0) is 34.6. The molecule has 0 aliphatic carbocycles. The first kappa shape index (κ1) is 35.2. The Balaban J connectivity index is 1.60. The summed E-state index contributed by atoms with van der Waals surface area (Å²) >= 11 is 0. The predicted octanol–water partition coefficient (Wildman–Crippen LogP) is 7.01. The Morgan fingerprint density at radius 2 is 0.792 bits per heavy atom. The van der Waals surface area contributed by atoms with Gasteiger partial charge in [-0.2, -0.15) is 0 Å². The molecule has 48 heavy (non-hydrogen) atoms. The van der Waals surface area contributed by atoms with Crippen LogP contribution in [0.2, 0.25) is 0 Å². The zero-order valence-electron chi connectivity index (χ0n) is 27.1. The summed E-state index contributed by atoms with van der Waals surface area (Å²) in [6.45, 7) is 11.3. The minimum Gasteiger partial charge on any atom is -0.423 e. The Labute approximate surface area is 279 Å². The van der Waals surface area contributed by atoms with Crippen molar-refractivity contribution in [1.82, 2.24) is 0 Å². The van der Waals surface area contributed by atoms with E-state index in [1.807, 2.05) is 60.7 Å². The first-order valence-electron chi connectivity index (χ1n) is 14.8. The van der Waals surface area contributed by atoms with Crippen molar-refractivity contribution in [3.8, 4) is 50.6 Å². The van der Waals surface area contributed by atoms with Crippen molar-refractivity contribution >= 4 is 17.9 Å². The standard InChI is InChI=1S/C39H36O9/c1-25(22-43-4)37(40)46-33-16-11-29(12-17-33)28-7-9-31(10-8-28)35-21-32(15-20-36(35)48-39(42)27(3)24-45-6)30-13-18-34(19-14-30)47-38(41)26(2)23-44-5/h7-21H,1-3,22-24H2,4-6H3. The summed E-state index contributed by atoms with van der Waals surface area (Å²) in [5, 5.41) is 0. The van der Waals surface area contributed by atoms with Crippen LogP contribution in [-0.2, 0) is 28.6 Å². The molecule has 0 unspecified atom stereocenters. The SMILES string of the molecule is C=C(COC)C(=O)Oc1ccc(-c2ccc(-c3cc(-c4ccc(OC(=O)C(=C)COC)cc4)ccc3OC(=O)C(=C)COC)cc2)cc1. The molecular formula is C39H36O9.